The van der Waals surface area contributed by atoms with Gasteiger partial charge in [0.15, 0.2) is 11.6 Å². The zero-order chi connectivity index (χ0) is 14.6. The lowest BCUT2D eigenvalue weighted by molar-refractivity contribution is -0.130. The molecule has 0 spiro atoms. The Morgan fingerprint density at radius 1 is 1.38 bits per heavy atom. The largest absolute Gasteiger partial charge is 0.384 e. The van der Waals surface area contributed by atoms with Crippen LogP contribution in [-0.2, 0) is 9.53 Å². The molecule has 1 aliphatic heterocycles. The smallest absolute Gasteiger partial charge is 0.233 e. The molecule has 118 valence electrons. The summed E-state index contributed by atoms with van der Waals surface area (Å²) in [6.07, 6.45) is 1.20. The minimum Gasteiger partial charge on any atom is -0.384 e. The molecule has 1 heterocycles. The Hall–Kier alpha value is -1.24. The molecule has 1 aliphatic rings. The van der Waals surface area contributed by atoms with E-state index in [4.69, 9.17) is 4.74 Å². The quantitative estimate of drug-likeness (QED) is 0.895. The fraction of sp³-hybridized carbons (Fsp3) is 0.500. The molecule has 1 fully saturated rings. The summed E-state index contributed by atoms with van der Waals surface area (Å²) < 4.78 is 31.9. The van der Waals surface area contributed by atoms with Gasteiger partial charge in [0, 0.05) is 7.11 Å². The summed E-state index contributed by atoms with van der Waals surface area (Å²) in [5.74, 6) is -2.35. The van der Waals surface area contributed by atoms with Crippen molar-refractivity contribution in [3.8, 4) is 0 Å². The molecule has 21 heavy (non-hydrogen) atoms. The highest BCUT2D eigenvalue weighted by molar-refractivity contribution is 5.95. The van der Waals surface area contributed by atoms with E-state index >= 15 is 0 Å². The summed E-state index contributed by atoms with van der Waals surface area (Å²) in [4.78, 5) is 12.4. The van der Waals surface area contributed by atoms with Gasteiger partial charge in [-0.15, -0.1) is 12.4 Å². The van der Waals surface area contributed by atoms with Gasteiger partial charge in [0.2, 0.25) is 5.91 Å². The van der Waals surface area contributed by atoms with E-state index in [1.165, 1.54) is 19.2 Å². The molecule has 1 saturated heterocycles. The maximum absolute atomic E-state index is 13.6. The summed E-state index contributed by atoms with van der Waals surface area (Å²) in [6.45, 7) is 1.66. The van der Waals surface area contributed by atoms with Crippen LogP contribution in [0.5, 0.6) is 0 Å². The van der Waals surface area contributed by atoms with E-state index < -0.39 is 17.0 Å². The highest BCUT2D eigenvalue weighted by Gasteiger charge is 2.40. The summed E-state index contributed by atoms with van der Waals surface area (Å²) >= 11 is 0. The first-order chi connectivity index (χ1) is 9.59. The number of carbonyl (C=O) groups excluding carboxylic acids is 1. The molecule has 0 radical (unpaired) electrons. The summed E-state index contributed by atoms with van der Waals surface area (Å²) in [6, 6.07) is 3.72. The zero-order valence-corrected chi connectivity index (χ0v) is 12.6. The van der Waals surface area contributed by atoms with Crippen molar-refractivity contribution in [3.05, 3.63) is 29.8 Å². The van der Waals surface area contributed by atoms with E-state index in [-0.39, 0.29) is 30.6 Å². The van der Waals surface area contributed by atoms with E-state index in [2.05, 4.69) is 10.6 Å². The number of hydrogen-bond donors (Lipinski definition) is 2. The Kier molecular flexibility index (Phi) is 6.51. The number of methoxy groups -OCH3 is 1. The first-order valence-electron chi connectivity index (χ1n) is 6.54. The van der Waals surface area contributed by atoms with Gasteiger partial charge < -0.3 is 15.4 Å². The number of halogens is 3. The van der Waals surface area contributed by atoms with Crippen LogP contribution < -0.4 is 10.6 Å². The number of piperidine rings is 1. The van der Waals surface area contributed by atoms with Crippen molar-refractivity contribution in [1.29, 1.82) is 0 Å². The number of rotatable bonds is 4. The first kappa shape index (κ1) is 17.8. The number of carbonyl (C=O) groups is 1. The molecule has 2 N–H and O–H groups in total. The average molecular weight is 321 g/mol. The van der Waals surface area contributed by atoms with Crippen LogP contribution in [0.3, 0.4) is 0 Å². The number of benzene rings is 1. The van der Waals surface area contributed by atoms with Gasteiger partial charge in [-0.3, -0.25) is 4.79 Å². The Morgan fingerprint density at radius 3 is 2.67 bits per heavy atom. The van der Waals surface area contributed by atoms with Crippen LogP contribution in [-0.4, -0.2) is 32.7 Å². The molecule has 2 rings (SSSR count). The second-order valence-electron chi connectivity index (χ2n) is 5.02. The molecule has 0 unspecified atom stereocenters. The van der Waals surface area contributed by atoms with Crippen LogP contribution in [0.25, 0.3) is 0 Å². The average Bonchev–Trinajstić information content (AvgIpc) is 2.45. The predicted molar refractivity (Wildman–Crippen MR) is 78.6 cm³/mol. The third-order valence-electron chi connectivity index (χ3n) is 3.66. The fourth-order valence-corrected chi connectivity index (χ4v) is 2.47. The Bertz CT molecular complexity index is 488. The molecular formula is C14H19ClF2N2O2. The Morgan fingerprint density at radius 2 is 2.05 bits per heavy atom. The molecule has 7 heteroatoms. The molecule has 1 aromatic carbocycles. The van der Waals surface area contributed by atoms with Gasteiger partial charge in [-0.25, -0.2) is 8.78 Å². The number of anilines is 1. The fourth-order valence-electron chi connectivity index (χ4n) is 2.47. The Balaban J connectivity index is 0.00000220. The highest BCUT2D eigenvalue weighted by atomic mass is 35.5. The van der Waals surface area contributed by atoms with Crippen molar-refractivity contribution < 1.29 is 18.3 Å². The van der Waals surface area contributed by atoms with E-state index in [9.17, 15) is 13.6 Å². The topological polar surface area (TPSA) is 50.4 Å². The summed E-state index contributed by atoms with van der Waals surface area (Å²) in [5, 5.41) is 5.65. The van der Waals surface area contributed by atoms with Crippen LogP contribution in [0.1, 0.15) is 12.8 Å². The van der Waals surface area contributed by atoms with Gasteiger partial charge in [-0.05, 0) is 38.1 Å². The number of nitrogens with one attached hydrogen (secondary N) is 2. The van der Waals surface area contributed by atoms with Gasteiger partial charge >= 0.3 is 0 Å². The molecule has 0 aromatic heterocycles. The van der Waals surface area contributed by atoms with Crippen LogP contribution in [0.2, 0.25) is 0 Å². The van der Waals surface area contributed by atoms with Gasteiger partial charge in [0.25, 0.3) is 0 Å². The van der Waals surface area contributed by atoms with Gasteiger partial charge in [0.1, 0.15) is 0 Å². The SMILES string of the molecule is COCC1(C(=O)Nc2cccc(F)c2F)CCNCC1.Cl. The van der Waals surface area contributed by atoms with Crippen molar-refractivity contribution in [2.45, 2.75) is 12.8 Å². The van der Waals surface area contributed by atoms with Crippen LogP contribution >= 0.6 is 12.4 Å². The van der Waals surface area contributed by atoms with Gasteiger partial charge in [0.05, 0.1) is 17.7 Å². The summed E-state index contributed by atoms with van der Waals surface area (Å²) in [5.41, 5.74) is -0.831. The first-order valence-corrected chi connectivity index (χ1v) is 6.54. The van der Waals surface area contributed by atoms with Crippen LogP contribution in [0, 0.1) is 17.0 Å². The second-order valence-corrected chi connectivity index (χ2v) is 5.02. The molecule has 4 nitrogen and oxygen atoms in total. The number of amides is 1. The van der Waals surface area contributed by atoms with E-state index in [0.717, 1.165) is 6.07 Å². The number of ether oxygens (including phenoxy) is 1. The minimum absolute atomic E-state index is 0. The van der Waals surface area contributed by atoms with E-state index in [0.29, 0.717) is 25.9 Å². The van der Waals surface area contributed by atoms with Gasteiger partial charge in [-0.2, -0.15) is 0 Å². The minimum atomic E-state index is -1.04. The lowest BCUT2D eigenvalue weighted by Gasteiger charge is -2.35. The standard InChI is InChI=1S/C14H18F2N2O2.ClH/c1-20-9-14(5-7-17-8-6-14)13(19)18-11-4-2-3-10(15)12(11)16;/h2-4,17H,5-9H2,1H3,(H,18,19);1H. The lowest BCUT2D eigenvalue weighted by Crippen LogP contribution is -2.47. The monoisotopic (exact) mass is 320 g/mol. The van der Waals surface area contributed by atoms with Gasteiger partial charge in [-0.1, -0.05) is 6.07 Å². The normalized spacial score (nSPS) is 16.9. The molecule has 0 atom stereocenters. The maximum Gasteiger partial charge on any atom is 0.233 e. The van der Waals surface area contributed by atoms with E-state index in [1.807, 2.05) is 0 Å². The van der Waals surface area contributed by atoms with E-state index in [1.54, 1.807) is 0 Å². The third kappa shape index (κ3) is 3.90. The van der Waals surface area contributed by atoms with Crippen molar-refractivity contribution in [2.75, 3.05) is 32.1 Å². The number of hydrogen-bond acceptors (Lipinski definition) is 3. The predicted octanol–water partition coefficient (Wildman–Crippen LogP) is 2.34. The highest BCUT2D eigenvalue weighted by Crippen LogP contribution is 2.31. The third-order valence-corrected chi connectivity index (χ3v) is 3.66. The maximum atomic E-state index is 13.6. The van der Waals surface area contributed by atoms with Crippen molar-refractivity contribution >= 4 is 24.0 Å². The summed E-state index contributed by atoms with van der Waals surface area (Å²) in [7, 11) is 1.53. The molecule has 0 saturated carbocycles. The van der Waals surface area contributed by atoms with Crippen molar-refractivity contribution in [2.24, 2.45) is 5.41 Å². The molecule has 0 aliphatic carbocycles. The molecular weight excluding hydrogens is 302 g/mol. The van der Waals surface area contributed by atoms with Crippen molar-refractivity contribution in [1.82, 2.24) is 5.32 Å². The van der Waals surface area contributed by atoms with Crippen LogP contribution in [0.15, 0.2) is 18.2 Å². The lowest BCUT2D eigenvalue weighted by atomic mass is 9.78. The van der Waals surface area contributed by atoms with Crippen LogP contribution in [0.4, 0.5) is 14.5 Å². The zero-order valence-electron chi connectivity index (χ0n) is 11.7. The second kappa shape index (κ2) is 7.68. The molecule has 0 bridgehead atoms. The van der Waals surface area contributed by atoms with Crippen molar-refractivity contribution in [3.63, 3.8) is 0 Å². The molecule has 1 aromatic rings. The Labute approximate surface area is 128 Å². The molecule has 1 amide bonds.